The van der Waals surface area contributed by atoms with Gasteiger partial charge in [-0.15, -0.1) is 0 Å². The molecule has 0 aliphatic heterocycles. The molecule has 4 heteroatoms. The van der Waals surface area contributed by atoms with E-state index in [1.807, 2.05) is 43.3 Å². The van der Waals surface area contributed by atoms with Crippen molar-refractivity contribution in [3.8, 4) is 11.5 Å². The van der Waals surface area contributed by atoms with Crippen molar-refractivity contribution < 1.29 is 9.47 Å². The first-order valence-corrected chi connectivity index (χ1v) is 9.30. The first-order chi connectivity index (χ1) is 12.1. The Morgan fingerprint density at radius 3 is 2.48 bits per heavy atom. The molecule has 2 aromatic rings. The Bertz CT molecular complexity index is 641. The van der Waals surface area contributed by atoms with Crippen LogP contribution < -0.4 is 14.8 Å². The molecule has 136 valence electrons. The molecule has 25 heavy (non-hydrogen) atoms. The smallest absolute Gasteiger partial charge is 0.166 e. The van der Waals surface area contributed by atoms with E-state index in [0.717, 1.165) is 47.2 Å². The van der Waals surface area contributed by atoms with Gasteiger partial charge in [0, 0.05) is 17.1 Å². The van der Waals surface area contributed by atoms with Gasteiger partial charge in [-0.3, -0.25) is 0 Å². The molecule has 0 saturated carbocycles. The van der Waals surface area contributed by atoms with Gasteiger partial charge in [-0.25, -0.2) is 0 Å². The van der Waals surface area contributed by atoms with Gasteiger partial charge in [-0.1, -0.05) is 49.7 Å². The van der Waals surface area contributed by atoms with Gasteiger partial charge in [0.2, 0.25) is 0 Å². The number of halogens is 1. The second-order valence-corrected chi connectivity index (χ2v) is 6.89. The van der Waals surface area contributed by atoms with Crippen molar-refractivity contribution in [1.82, 2.24) is 5.32 Å². The van der Waals surface area contributed by atoms with Crippen molar-refractivity contribution in [3.05, 3.63) is 58.6 Å². The maximum absolute atomic E-state index is 6.12. The summed E-state index contributed by atoms with van der Waals surface area (Å²) in [6.45, 7) is 9.31. The van der Waals surface area contributed by atoms with Crippen molar-refractivity contribution in [1.29, 1.82) is 0 Å². The summed E-state index contributed by atoms with van der Waals surface area (Å²) in [6, 6.07) is 13.8. The van der Waals surface area contributed by atoms with Gasteiger partial charge in [0.15, 0.2) is 11.5 Å². The minimum atomic E-state index is 0.486. The monoisotopic (exact) mass is 361 g/mol. The number of benzene rings is 2. The molecule has 0 aromatic heterocycles. The van der Waals surface area contributed by atoms with Crippen LogP contribution in [0.25, 0.3) is 0 Å². The molecule has 0 aliphatic carbocycles. The average molecular weight is 362 g/mol. The van der Waals surface area contributed by atoms with Gasteiger partial charge in [0.25, 0.3) is 0 Å². The lowest BCUT2D eigenvalue weighted by molar-refractivity contribution is 0.266. The molecule has 0 fully saturated rings. The minimum absolute atomic E-state index is 0.486. The zero-order valence-electron chi connectivity index (χ0n) is 15.3. The van der Waals surface area contributed by atoms with Gasteiger partial charge in [-0.05, 0) is 49.6 Å². The van der Waals surface area contributed by atoms with E-state index in [1.54, 1.807) is 0 Å². The quantitative estimate of drug-likeness (QED) is 0.570. The molecule has 3 nitrogen and oxygen atoms in total. The first kappa shape index (κ1) is 19.6. The van der Waals surface area contributed by atoms with Crippen molar-refractivity contribution in [3.63, 3.8) is 0 Å². The fourth-order valence-electron chi connectivity index (χ4n) is 2.48. The summed E-state index contributed by atoms with van der Waals surface area (Å²) in [4.78, 5) is 0. The third-order valence-electron chi connectivity index (χ3n) is 3.87. The number of hydrogen-bond donors (Lipinski definition) is 1. The number of hydrogen-bond acceptors (Lipinski definition) is 3. The number of rotatable bonds is 10. The van der Waals surface area contributed by atoms with Gasteiger partial charge >= 0.3 is 0 Å². The lowest BCUT2D eigenvalue weighted by atomic mass is 10.1. The Balaban J connectivity index is 2.07. The maximum atomic E-state index is 6.12. The van der Waals surface area contributed by atoms with E-state index >= 15 is 0 Å². The van der Waals surface area contributed by atoms with Gasteiger partial charge in [-0.2, -0.15) is 0 Å². The summed E-state index contributed by atoms with van der Waals surface area (Å²) in [5, 5.41) is 4.23. The van der Waals surface area contributed by atoms with Crippen LogP contribution in [-0.2, 0) is 13.2 Å². The lowest BCUT2D eigenvalue weighted by Gasteiger charge is -2.17. The molecule has 0 spiro atoms. The van der Waals surface area contributed by atoms with Crippen LogP contribution >= 0.6 is 11.6 Å². The zero-order chi connectivity index (χ0) is 18.1. The highest BCUT2D eigenvalue weighted by atomic mass is 35.5. The topological polar surface area (TPSA) is 30.5 Å². The highest BCUT2D eigenvalue weighted by molar-refractivity contribution is 6.30. The van der Waals surface area contributed by atoms with Crippen LogP contribution in [-0.4, -0.2) is 13.2 Å². The summed E-state index contributed by atoms with van der Waals surface area (Å²) in [5.41, 5.74) is 2.19. The molecular weight excluding hydrogens is 334 g/mol. The van der Waals surface area contributed by atoms with Crippen LogP contribution in [0, 0.1) is 5.92 Å². The summed E-state index contributed by atoms with van der Waals surface area (Å²) < 4.78 is 11.9. The van der Waals surface area contributed by atoms with E-state index in [2.05, 4.69) is 25.2 Å². The molecule has 1 N–H and O–H groups in total. The molecule has 0 amide bonds. The largest absolute Gasteiger partial charge is 0.490 e. The predicted molar refractivity (Wildman–Crippen MR) is 105 cm³/mol. The summed E-state index contributed by atoms with van der Waals surface area (Å²) in [6.07, 6.45) is 1.16. The van der Waals surface area contributed by atoms with Gasteiger partial charge in [0.05, 0.1) is 6.61 Å². The molecular formula is C21H28ClNO2. The maximum Gasteiger partial charge on any atom is 0.166 e. The molecule has 0 radical (unpaired) electrons. The standard InChI is InChI=1S/C21H28ClNO2/c1-4-24-20-7-5-6-18(14-23-13-12-16(2)3)21(20)25-15-17-8-10-19(22)11-9-17/h5-11,16,23H,4,12-15H2,1-3H3. The third-order valence-corrected chi connectivity index (χ3v) is 4.12. The van der Waals surface area contributed by atoms with Crippen molar-refractivity contribution in [2.24, 2.45) is 5.92 Å². The van der Waals surface area contributed by atoms with E-state index in [4.69, 9.17) is 21.1 Å². The normalized spacial score (nSPS) is 10.9. The lowest BCUT2D eigenvalue weighted by Crippen LogP contribution is -2.17. The van der Waals surface area contributed by atoms with E-state index < -0.39 is 0 Å². The van der Waals surface area contributed by atoms with E-state index in [0.29, 0.717) is 19.1 Å². The predicted octanol–water partition coefficient (Wildman–Crippen LogP) is 5.45. The number of nitrogens with one attached hydrogen (secondary N) is 1. The van der Waals surface area contributed by atoms with Gasteiger partial charge < -0.3 is 14.8 Å². The van der Waals surface area contributed by atoms with Crippen LogP contribution in [0.2, 0.25) is 5.02 Å². The van der Waals surface area contributed by atoms with Crippen LogP contribution in [0.3, 0.4) is 0 Å². The fraction of sp³-hybridized carbons (Fsp3) is 0.429. The Kier molecular flexibility index (Phi) is 8.10. The summed E-state index contributed by atoms with van der Waals surface area (Å²) in [7, 11) is 0. The van der Waals surface area contributed by atoms with E-state index in [9.17, 15) is 0 Å². The van der Waals surface area contributed by atoms with Crippen LogP contribution in [0.5, 0.6) is 11.5 Å². The van der Waals surface area contributed by atoms with Crippen LogP contribution in [0.1, 0.15) is 38.3 Å². The SMILES string of the molecule is CCOc1cccc(CNCCC(C)C)c1OCc1ccc(Cl)cc1. The Labute approximate surface area is 156 Å². The third kappa shape index (κ3) is 6.60. The Morgan fingerprint density at radius 2 is 1.80 bits per heavy atom. The first-order valence-electron chi connectivity index (χ1n) is 8.92. The molecule has 0 unspecified atom stereocenters. The average Bonchev–Trinajstić information content (AvgIpc) is 2.59. The highest BCUT2D eigenvalue weighted by Crippen LogP contribution is 2.32. The van der Waals surface area contributed by atoms with E-state index in [-0.39, 0.29) is 0 Å². The van der Waals surface area contributed by atoms with Crippen molar-refractivity contribution in [2.75, 3.05) is 13.2 Å². The zero-order valence-corrected chi connectivity index (χ0v) is 16.1. The molecule has 0 heterocycles. The fourth-order valence-corrected chi connectivity index (χ4v) is 2.61. The van der Waals surface area contributed by atoms with Gasteiger partial charge in [0.1, 0.15) is 6.61 Å². The van der Waals surface area contributed by atoms with Crippen LogP contribution in [0.15, 0.2) is 42.5 Å². The Morgan fingerprint density at radius 1 is 1.04 bits per heavy atom. The molecule has 0 saturated heterocycles. The second-order valence-electron chi connectivity index (χ2n) is 6.45. The number of ether oxygens (including phenoxy) is 2. The summed E-state index contributed by atoms with van der Waals surface area (Å²) >= 11 is 5.94. The second kappa shape index (κ2) is 10.3. The molecule has 2 aromatic carbocycles. The highest BCUT2D eigenvalue weighted by Gasteiger charge is 2.11. The number of para-hydroxylation sites is 1. The molecule has 0 atom stereocenters. The minimum Gasteiger partial charge on any atom is -0.490 e. The van der Waals surface area contributed by atoms with Crippen molar-refractivity contribution >= 4 is 11.6 Å². The Hall–Kier alpha value is -1.71. The molecule has 0 aliphatic rings. The van der Waals surface area contributed by atoms with Crippen LogP contribution in [0.4, 0.5) is 0 Å². The van der Waals surface area contributed by atoms with E-state index in [1.165, 1.54) is 0 Å². The molecule has 2 rings (SSSR count). The van der Waals surface area contributed by atoms with Crippen molar-refractivity contribution in [2.45, 2.75) is 40.3 Å². The molecule has 0 bridgehead atoms. The summed E-state index contributed by atoms with van der Waals surface area (Å²) in [5.74, 6) is 2.30.